The van der Waals surface area contributed by atoms with Crippen molar-refractivity contribution < 1.29 is 57.5 Å². The molecule has 0 bridgehead atoms. The van der Waals surface area contributed by atoms with Gasteiger partial charge in [-0.2, -0.15) is 0 Å². The lowest BCUT2D eigenvalue weighted by molar-refractivity contribution is -0.143. The minimum Gasteiger partial charge on any atom is -0.385 e. The SMILES string of the molecule is C=C(CCNc1ccc(C(C)=O)cc1)CC1C(=O)NCC(=O)N(C)CC(=O)N(C)/C(=C/C(C)C)C(=O)NC(=C(C)C)C(=O)N(C)CC(=O)NC(=C)C(=O)N[C@H](C)C(=O)N(C)/C(=C\C(C)C)C(=O)N(C)/C(=C\C(C)C)C(=O)N(C)CC(=O)N1C. The number of benzene rings is 1. The predicted molar refractivity (Wildman–Crippen MR) is 314 cm³/mol. The van der Waals surface area contributed by atoms with Crippen molar-refractivity contribution in [2.24, 2.45) is 17.8 Å². The van der Waals surface area contributed by atoms with Crippen LogP contribution in [0.5, 0.6) is 0 Å². The number of hydrogen-bond donors (Lipinski definition) is 5. The number of rotatable bonds is 10. The van der Waals surface area contributed by atoms with Gasteiger partial charge in [0, 0.05) is 67.1 Å². The Balaban J connectivity index is 2.73. The highest BCUT2D eigenvalue weighted by Gasteiger charge is 2.35. The van der Waals surface area contributed by atoms with Gasteiger partial charge in [0.2, 0.25) is 35.4 Å². The Kier molecular flexibility index (Phi) is 27.2. The molecule has 5 N–H and O–H groups in total. The molecule has 2 rings (SSSR count). The molecule has 24 heteroatoms. The van der Waals surface area contributed by atoms with Gasteiger partial charge in [0.1, 0.15) is 34.9 Å². The molecule has 2 atom stereocenters. The number of Topliss-reactive ketones (excluding diaryl/α,β-unsaturated/α-hetero) is 1. The highest BCUT2D eigenvalue weighted by atomic mass is 16.2. The van der Waals surface area contributed by atoms with E-state index in [1.807, 2.05) is 0 Å². The van der Waals surface area contributed by atoms with Crippen LogP contribution in [0.15, 0.2) is 95.3 Å². The number of likely N-dealkylation sites (N-methyl/N-ethyl adjacent to an activating group) is 7. The lowest BCUT2D eigenvalue weighted by Gasteiger charge is -2.32. The van der Waals surface area contributed by atoms with E-state index in [0.29, 0.717) is 35.4 Å². The lowest BCUT2D eigenvalue weighted by atomic mass is 10.0. The zero-order valence-electron chi connectivity index (χ0n) is 51.3. The standard InChI is InChI=1S/C59H86N12O12/c1-34(2)26-44-55(79)64-52(37(7)8)59(83)66(14)31-48(73)62-39(10)53(77)63-40(11)56(80)70(18)47(28-36(5)6)58(82)71(19)46(27-35(3)4)57(81)67(15)33-51(76)69(17)45(54(78)61-30-49(74)65(13)32-50(75)68(44)16)29-38(9)24-25-60-43-22-20-42(21-23-43)41(12)72/h20-23,26-28,34-36,40,45,60H,9-10,24-25,29-33H2,1-8,11-19H3,(H,61,78)(H,62,73)(H,63,77)(H,64,79)/b44-26+,46-27-,47-28-/t40-,45?/m1/s1. The van der Waals surface area contributed by atoms with Crippen LogP contribution in [0, 0.1) is 17.8 Å². The van der Waals surface area contributed by atoms with Gasteiger partial charge >= 0.3 is 0 Å². The van der Waals surface area contributed by atoms with Crippen molar-refractivity contribution in [3.63, 3.8) is 0 Å². The van der Waals surface area contributed by atoms with Crippen LogP contribution in [0.3, 0.4) is 0 Å². The monoisotopic (exact) mass is 1150 g/mol. The first-order valence-electron chi connectivity index (χ1n) is 27.1. The van der Waals surface area contributed by atoms with Crippen molar-refractivity contribution in [1.29, 1.82) is 0 Å². The molecule has 24 nitrogen and oxygen atoms in total. The van der Waals surface area contributed by atoms with Gasteiger partial charge in [-0.15, -0.1) is 0 Å². The van der Waals surface area contributed by atoms with Crippen molar-refractivity contribution >= 4 is 76.4 Å². The molecule has 83 heavy (non-hydrogen) atoms. The van der Waals surface area contributed by atoms with Crippen LogP contribution >= 0.6 is 0 Å². The summed E-state index contributed by atoms with van der Waals surface area (Å²) in [6, 6.07) is 4.22. The van der Waals surface area contributed by atoms with Crippen LogP contribution in [0.25, 0.3) is 0 Å². The van der Waals surface area contributed by atoms with E-state index in [1.165, 1.54) is 95.3 Å². The number of hydrogen-bond acceptors (Lipinski definition) is 13. The molecular formula is C59H86N12O12. The molecule has 0 aromatic heterocycles. The number of allylic oxidation sites excluding steroid dienone is 4. The third-order valence-corrected chi connectivity index (χ3v) is 12.9. The summed E-state index contributed by atoms with van der Waals surface area (Å²) in [6.07, 6.45) is 4.68. The summed E-state index contributed by atoms with van der Waals surface area (Å²) in [5.74, 6) is -9.95. The highest BCUT2D eigenvalue weighted by molar-refractivity contribution is 6.07. The molecule has 0 saturated carbocycles. The van der Waals surface area contributed by atoms with Crippen molar-refractivity contribution in [3.05, 3.63) is 101 Å². The first kappa shape index (κ1) is 70.4. The molecule has 1 aliphatic rings. The molecule has 1 aromatic rings. The van der Waals surface area contributed by atoms with E-state index >= 15 is 0 Å². The topological polar surface area (TPSA) is 288 Å². The maximum absolute atomic E-state index is 14.5. The van der Waals surface area contributed by atoms with E-state index in [9.17, 15) is 57.5 Å². The Bertz CT molecular complexity index is 2820. The van der Waals surface area contributed by atoms with Crippen LogP contribution in [0.2, 0.25) is 0 Å². The van der Waals surface area contributed by atoms with Gasteiger partial charge in [-0.05, 0) is 88.1 Å². The Morgan fingerprint density at radius 1 is 0.639 bits per heavy atom. The molecular weight excluding hydrogens is 1070 g/mol. The van der Waals surface area contributed by atoms with Crippen molar-refractivity contribution in [2.45, 2.75) is 94.2 Å². The third-order valence-electron chi connectivity index (χ3n) is 12.9. The van der Waals surface area contributed by atoms with Gasteiger partial charge in [0.15, 0.2) is 5.78 Å². The molecule has 11 amide bonds. The summed E-state index contributed by atoms with van der Waals surface area (Å²) >= 11 is 0. The number of nitrogens with one attached hydrogen (secondary N) is 5. The molecule has 1 unspecified atom stereocenters. The van der Waals surface area contributed by atoms with Crippen molar-refractivity contribution in [2.75, 3.05) is 87.4 Å². The number of ketones is 1. The van der Waals surface area contributed by atoms with Gasteiger partial charge in [-0.25, -0.2) is 0 Å². The summed E-state index contributed by atoms with van der Waals surface area (Å²) in [7, 11) is 9.19. The highest BCUT2D eigenvalue weighted by Crippen LogP contribution is 2.21. The summed E-state index contributed by atoms with van der Waals surface area (Å²) in [5.41, 5.74) is 0.846. The van der Waals surface area contributed by atoms with E-state index in [1.54, 1.807) is 65.8 Å². The number of carbonyl (C=O) groups excluding carboxylic acids is 12. The van der Waals surface area contributed by atoms with Gasteiger partial charge in [-0.3, -0.25) is 57.5 Å². The molecule has 0 radical (unpaired) electrons. The second-order valence-electron chi connectivity index (χ2n) is 21.7. The molecule has 0 aliphatic carbocycles. The first-order valence-corrected chi connectivity index (χ1v) is 27.1. The fourth-order valence-electron chi connectivity index (χ4n) is 7.98. The molecule has 1 aliphatic heterocycles. The maximum atomic E-state index is 14.5. The largest absolute Gasteiger partial charge is 0.385 e. The van der Waals surface area contributed by atoms with E-state index in [-0.39, 0.29) is 52.7 Å². The fourth-order valence-corrected chi connectivity index (χ4v) is 7.98. The van der Waals surface area contributed by atoms with E-state index in [2.05, 4.69) is 39.7 Å². The molecule has 1 fully saturated rings. The minimum atomic E-state index is -1.33. The van der Waals surface area contributed by atoms with Crippen LogP contribution < -0.4 is 26.6 Å². The first-order chi connectivity index (χ1) is 38.5. The van der Waals surface area contributed by atoms with Gasteiger partial charge < -0.3 is 60.9 Å². The Labute approximate surface area is 488 Å². The van der Waals surface area contributed by atoms with Crippen LogP contribution in [-0.2, 0) is 52.7 Å². The zero-order chi connectivity index (χ0) is 63.5. The van der Waals surface area contributed by atoms with Crippen LogP contribution in [0.1, 0.15) is 92.4 Å². The second-order valence-corrected chi connectivity index (χ2v) is 21.7. The Morgan fingerprint density at radius 3 is 1.69 bits per heavy atom. The summed E-state index contributed by atoms with van der Waals surface area (Å²) in [5, 5.41) is 13.1. The molecule has 1 aromatic carbocycles. The lowest BCUT2D eigenvalue weighted by Crippen LogP contribution is -2.53. The summed E-state index contributed by atoms with van der Waals surface area (Å²) < 4.78 is 0. The second kappa shape index (κ2) is 32.1. The maximum Gasteiger partial charge on any atom is 0.274 e. The minimum absolute atomic E-state index is 0.0920. The Morgan fingerprint density at radius 2 is 1.16 bits per heavy atom. The number of nitrogens with zero attached hydrogens (tertiary/aromatic N) is 7. The number of anilines is 1. The van der Waals surface area contributed by atoms with Crippen LogP contribution in [-0.4, -0.2) is 199 Å². The van der Waals surface area contributed by atoms with Crippen molar-refractivity contribution in [1.82, 2.24) is 55.6 Å². The molecule has 0 spiro atoms. The fraction of sp³-hybridized carbons (Fsp3) is 0.492. The normalized spacial score (nSPS) is 20.3. The quantitative estimate of drug-likeness (QED) is 0.128. The molecule has 1 saturated heterocycles. The average Bonchev–Trinajstić information content (AvgIpc) is 3.40. The van der Waals surface area contributed by atoms with E-state index < -0.39 is 109 Å². The number of amides is 11. The predicted octanol–water partition coefficient (Wildman–Crippen LogP) is 2.51. The zero-order valence-corrected chi connectivity index (χ0v) is 51.3. The van der Waals surface area contributed by atoms with E-state index in [4.69, 9.17) is 0 Å². The number of carbonyl (C=O) groups is 12. The summed E-state index contributed by atoms with van der Waals surface area (Å²) in [6.45, 7) is 22.0. The van der Waals surface area contributed by atoms with Crippen LogP contribution in [0.4, 0.5) is 5.69 Å². The van der Waals surface area contributed by atoms with E-state index in [0.717, 1.165) is 34.3 Å². The Hall–Kier alpha value is -8.70. The summed E-state index contributed by atoms with van der Waals surface area (Å²) in [4.78, 5) is 173. The van der Waals surface area contributed by atoms with Gasteiger partial charge in [0.05, 0.1) is 31.9 Å². The smallest absolute Gasteiger partial charge is 0.274 e. The van der Waals surface area contributed by atoms with Gasteiger partial charge in [-0.1, -0.05) is 78.5 Å². The molecule has 1 heterocycles. The molecule has 454 valence electrons. The average molecular weight is 1160 g/mol. The third kappa shape index (κ3) is 21.3. The van der Waals surface area contributed by atoms with Gasteiger partial charge in [0.25, 0.3) is 29.5 Å². The van der Waals surface area contributed by atoms with Crippen molar-refractivity contribution in [3.8, 4) is 0 Å².